The van der Waals surface area contributed by atoms with Gasteiger partial charge in [-0.1, -0.05) is 36.4 Å². The zero-order valence-corrected chi connectivity index (χ0v) is 11.2. The molecule has 1 aliphatic rings. The molecule has 4 heteroatoms. The molecule has 2 aromatic rings. The van der Waals surface area contributed by atoms with Crippen molar-refractivity contribution in [1.29, 1.82) is 0 Å². The summed E-state index contributed by atoms with van der Waals surface area (Å²) in [4.78, 5) is 18.7. The van der Waals surface area contributed by atoms with E-state index in [0.717, 1.165) is 23.2 Å². The van der Waals surface area contributed by atoms with Crippen LogP contribution in [0, 0.1) is 0 Å². The molecular formula is C16H17N3O. The van der Waals surface area contributed by atoms with Crippen LogP contribution in [0.4, 0.5) is 0 Å². The molecule has 1 aliphatic heterocycles. The van der Waals surface area contributed by atoms with Gasteiger partial charge in [0.15, 0.2) is 0 Å². The van der Waals surface area contributed by atoms with Gasteiger partial charge in [0.05, 0.1) is 0 Å². The number of fused-ring (bicyclic) bond motifs is 1. The molecule has 0 saturated heterocycles. The Kier molecular flexibility index (Phi) is 3.48. The zero-order chi connectivity index (χ0) is 13.9. The normalized spacial score (nSPS) is 15.6. The van der Waals surface area contributed by atoms with Gasteiger partial charge in [0.2, 0.25) is 5.91 Å². The highest BCUT2D eigenvalue weighted by atomic mass is 16.2. The summed E-state index contributed by atoms with van der Waals surface area (Å²) in [6.45, 7) is 1.28. The quantitative estimate of drug-likeness (QED) is 0.900. The van der Waals surface area contributed by atoms with Crippen LogP contribution in [0.5, 0.6) is 0 Å². The van der Waals surface area contributed by atoms with Gasteiger partial charge in [-0.2, -0.15) is 0 Å². The average molecular weight is 267 g/mol. The van der Waals surface area contributed by atoms with Crippen molar-refractivity contribution in [2.45, 2.75) is 19.0 Å². The number of carbonyl (C=O) groups excluding carboxylic acids is 1. The molecule has 1 atom stereocenters. The number of benzene rings is 1. The molecule has 1 aromatic carbocycles. The summed E-state index contributed by atoms with van der Waals surface area (Å²) < 4.78 is 0. The molecule has 0 spiro atoms. The highest BCUT2D eigenvalue weighted by Gasteiger charge is 2.26. The third-order valence-electron chi connectivity index (χ3n) is 3.70. The highest BCUT2D eigenvalue weighted by molar-refractivity contribution is 5.83. The number of amides is 1. The molecule has 102 valence electrons. The minimum atomic E-state index is -0.588. The third-order valence-corrected chi connectivity index (χ3v) is 3.70. The minimum absolute atomic E-state index is 0.0225. The largest absolute Gasteiger partial charge is 0.336 e. The summed E-state index contributed by atoms with van der Waals surface area (Å²) >= 11 is 0. The fourth-order valence-corrected chi connectivity index (χ4v) is 2.55. The standard InChI is InChI=1S/C16H17N3O/c17-15(12-5-2-1-3-6-12)16(20)19-10-8-14-13(11-19)7-4-9-18-14/h1-7,9,15H,8,10-11,17H2/t15-/m1/s1. The van der Waals surface area contributed by atoms with Crippen LogP contribution in [-0.2, 0) is 17.8 Å². The molecule has 0 unspecified atom stereocenters. The van der Waals surface area contributed by atoms with Crippen molar-refractivity contribution in [1.82, 2.24) is 9.88 Å². The number of nitrogens with zero attached hydrogens (tertiary/aromatic N) is 2. The SMILES string of the molecule is N[C@@H](C(=O)N1CCc2ncccc2C1)c1ccccc1. The first-order valence-corrected chi connectivity index (χ1v) is 6.78. The van der Waals surface area contributed by atoms with Gasteiger partial charge in [-0.25, -0.2) is 0 Å². The highest BCUT2D eigenvalue weighted by Crippen LogP contribution is 2.20. The molecule has 0 radical (unpaired) electrons. The lowest BCUT2D eigenvalue weighted by molar-refractivity contribution is -0.133. The van der Waals surface area contributed by atoms with E-state index in [9.17, 15) is 4.79 Å². The second kappa shape index (κ2) is 5.43. The first kappa shape index (κ1) is 12.8. The van der Waals surface area contributed by atoms with Crippen LogP contribution >= 0.6 is 0 Å². The molecule has 2 heterocycles. The van der Waals surface area contributed by atoms with E-state index in [-0.39, 0.29) is 5.91 Å². The van der Waals surface area contributed by atoms with E-state index in [1.165, 1.54) is 0 Å². The van der Waals surface area contributed by atoms with Gasteiger partial charge in [0, 0.05) is 31.4 Å². The van der Waals surface area contributed by atoms with E-state index in [1.54, 1.807) is 6.20 Å². The van der Waals surface area contributed by atoms with Crippen molar-refractivity contribution in [3.8, 4) is 0 Å². The number of rotatable bonds is 2. The Morgan fingerprint density at radius 1 is 1.20 bits per heavy atom. The zero-order valence-electron chi connectivity index (χ0n) is 11.2. The summed E-state index contributed by atoms with van der Waals surface area (Å²) in [5.41, 5.74) is 9.14. The second-order valence-electron chi connectivity index (χ2n) is 5.01. The molecule has 0 bridgehead atoms. The fraction of sp³-hybridized carbons (Fsp3) is 0.250. The molecule has 0 fully saturated rings. The Morgan fingerprint density at radius 3 is 2.80 bits per heavy atom. The summed E-state index contributed by atoms with van der Waals surface area (Å²) in [6.07, 6.45) is 2.59. The maximum absolute atomic E-state index is 12.5. The molecule has 20 heavy (non-hydrogen) atoms. The summed E-state index contributed by atoms with van der Waals surface area (Å²) in [7, 11) is 0. The Labute approximate surface area is 118 Å². The number of hydrogen-bond acceptors (Lipinski definition) is 3. The topological polar surface area (TPSA) is 59.2 Å². The van der Waals surface area contributed by atoms with Gasteiger partial charge in [0.25, 0.3) is 0 Å². The van der Waals surface area contributed by atoms with Crippen LogP contribution in [-0.4, -0.2) is 22.3 Å². The number of hydrogen-bond donors (Lipinski definition) is 1. The number of aromatic nitrogens is 1. The second-order valence-corrected chi connectivity index (χ2v) is 5.01. The predicted octanol–water partition coefficient (Wildman–Crippen LogP) is 1.67. The lowest BCUT2D eigenvalue weighted by Crippen LogP contribution is -2.41. The fourth-order valence-electron chi connectivity index (χ4n) is 2.55. The molecule has 1 amide bonds. The van der Waals surface area contributed by atoms with Crippen LogP contribution in [0.1, 0.15) is 22.9 Å². The van der Waals surface area contributed by atoms with Crippen LogP contribution < -0.4 is 5.73 Å². The minimum Gasteiger partial charge on any atom is -0.336 e. The average Bonchev–Trinajstić information content (AvgIpc) is 2.54. The Balaban J connectivity index is 1.76. The van der Waals surface area contributed by atoms with Crippen molar-refractivity contribution in [3.05, 3.63) is 65.5 Å². The van der Waals surface area contributed by atoms with E-state index in [2.05, 4.69) is 4.98 Å². The molecule has 4 nitrogen and oxygen atoms in total. The molecule has 1 aromatic heterocycles. The molecular weight excluding hydrogens is 250 g/mol. The van der Waals surface area contributed by atoms with Gasteiger partial charge in [-0.3, -0.25) is 9.78 Å². The van der Waals surface area contributed by atoms with Gasteiger partial charge in [-0.05, 0) is 17.2 Å². The summed E-state index contributed by atoms with van der Waals surface area (Å²) in [5.74, 6) is -0.0225. The van der Waals surface area contributed by atoms with E-state index in [1.807, 2.05) is 47.4 Å². The summed E-state index contributed by atoms with van der Waals surface area (Å²) in [5, 5.41) is 0. The van der Waals surface area contributed by atoms with Gasteiger partial charge in [0.1, 0.15) is 6.04 Å². The molecule has 0 saturated carbocycles. The van der Waals surface area contributed by atoms with Gasteiger partial charge < -0.3 is 10.6 Å². The van der Waals surface area contributed by atoms with Gasteiger partial charge >= 0.3 is 0 Å². The maximum atomic E-state index is 12.5. The molecule has 3 rings (SSSR count). The van der Waals surface area contributed by atoms with Crippen LogP contribution in [0.25, 0.3) is 0 Å². The molecule has 0 aliphatic carbocycles. The van der Waals surface area contributed by atoms with Crippen molar-refractivity contribution >= 4 is 5.91 Å². The lowest BCUT2D eigenvalue weighted by Gasteiger charge is -2.30. The number of carbonyl (C=O) groups is 1. The van der Waals surface area contributed by atoms with Crippen molar-refractivity contribution in [2.24, 2.45) is 5.73 Å². The Hall–Kier alpha value is -2.20. The predicted molar refractivity (Wildman–Crippen MR) is 76.7 cm³/mol. The summed E-state index contributed by atoms with van der Waals surface area (Å²) in [6, 6.07) is 12.8. The smallest absolute Gasteiger partial charge is 0.244 e. The first-order valence-electron chi connectivity index (χ1n) is 6.78. The van der Waals surface area contributed by atoms with E-state index in [0.29, 0.717) is 13.1 Å². The first-order chi connectivity index (χ1) is 9.75. The van der Waals surface area contributed by atoms with Crippen LogP contribution in [0.15, 0.2) is 48.7 Å². The number of nitrogens with two attached hydrogens (primary N) is 1. The van der Waals surface area contributed by atoms with E-state index < -0.39 is 6.04 Å². The van der Waals surface area contributed by atoms with Crippen molar-refractivity contribution < 1.29 is 4.79 Å². The monoisotopic (exact) mass is 267 g/mol. The van der Waals surface area contributed by atoms with E-state index >= 15 is 0 Å². The van der Waals surface area contributed by atoms with Crippen molar-refractivity contribution in [2.75, 3.05) is 6.54 Å². The lowest BCUT2D eigenvalue weighted by atomic mass is 10.0. The van der Waals surface area contributed by atoms with Gasteiger partial charge in [-0.15, -0.1) is 0 Å². The van der Waals surface area contributed by atoms with Crippen LogP contribution in [0.3, 0.4) is 0 Å². The Bertz CT molecular complexity index is 612. The molecule has 2 N–H and O–H groups in total. The van der Waals surface area contributed by atoms with E-state index in [4.69, 9.17) is 5.73 Å². The Morgan fingerprint density at radius 2 is 2.00 bits per heavy atom. The third kappa shape index (κ3) is 2.42. The van der Waals surface area contributed by atoms with Crippen LogP contribution in [0.2, 0.25) is 0 Å². The number of pyridine rings is 1. The maximum Gasteiger partial charge on any atom is 0.244 e. The van der Waals surface area contributed by atoms with Crippen molar-refractivity contribution in [3.63, 3.8) is 0 Å².